The summed E-state index contributed by atoms with van der Waals surface area (Å²) < 4.78 is 11.2. The highest BCUT2D eigenvalue weighted by molar-refractivity contribution is 4.71. The van der Waals surface area contributed by atoms with Crippen LogP contribution in [0.1, 0.15) is 33.1 Å². The number of hydrogen-bond acceptors (Lipinski definition) is 3. The van der Waals surface area contributed by atoms with Crippen molar-refractivity contribution in [3.63, 3.8) is 0 Å². The van der Waals surface area contributed by atoms with Crippen molar-refractivity contribution in [2.75, 3.05) is 19.8 Å². The molecule has 0 amide bonds. The lowest BCUT2D eigenvalue weighted by atomic mass is 10.1. The molecule has 1 saturated heterocycles. The summed E-state index contributed by atoms with van der Waals surface area (Å²) in [6.07, 6.45) is 3.87. The largest absolute Gasteiger partial charge is 0.376 e. The summed E-state index contributed by atoms with van der Waals surface area (Å²) in [6.45, 7) is 6.15. The van der Waals surface area contributed by atoms with Gasteiger partial charge in [-0.2, -0.15) is 0 Å². The van der Waals surface area contributed by atoms with Gasteiger partial charge < -0.3 is 15.2 Å². The van der Waals surface area contributed by atoms with Gasteiger partial charge in [-0.1, -0.05) is 0 Å². The van der Waals surface area contributed by atoms with Crippen molar-refractivity contribution in [3.8, 4) is 0 Å². The van der Waals surface area contributed by atoms with E-state index in [0.717, 1.165) is 13.0 Å². The maximum Gasteiger partial charge on any atom is 0.0808 e. The third kappa shape index (κ3) is 4.07. The van der Waals surface area contributed by atoms with E-state index < -0.39 is 0 Å². The molecule has 1 fully saturated rings. The minimum atomic E-state index is -0.208. The lowest BCUT2D eigenvalue weighted by Crippen LogP contribution is -2.37. The van der Waals surface area contributed by atoms with Gasteiger partial charge in [0.2, 0.25) is 0 Å². The summed E-state index contributed by atoms with van der Waals surface area (Å²) in [6, 6.07) is 0. The monoisotopic (exact) mass is 187 g/mol. The fourth-order valence-electron chi connectivity index (χ4n) is 1.32. The maximum absolute atomic E-state index is 5.67. The molecule has 1 heterocycles. The average Bonchev–Trinajstić information content (AvgIpc) is 2.17. The van der Waals surface area contributed by atoms with Crippen molar-refractivity contribution in [1.29, 1.82) is 0 Å². The second kappa shape index (κ2) is 4.94. The second-order valence-electron chi connectivity index (χ2n) is 4.26. The summed E-state index contributed by atoms with van der Waals surface area (Å²) in [5, 5.41) is 0. The predicted octanol–water partition coefficient (Wildman–Crippen LogP) is 1.31. The quantitative estimate of drug-likeness (QED) is 0.721. The molecule has 0 aromatic rings. The molecule has 2 N–H and O–H groups in total. The fraction of sp³-hybridized carbons (Fsp3) is 1.00. The first kappa shape index (κ1) is 11.0. The van der Waals surface area contributed by atoms with Crippen LogP contribution in [0.2, 0.25) is 0 Å². The van der Waals surface area contributed by atoms with Gasteiger partial charge in [0, 0.05) is 13.2 Å². The van der Waals surface area contributed by atoms with Crippen molar-refractivity contribution in [3.05, 3.63) is 0 Å². The first-order valence-electron chi connectivity index (χ1n) is 5.10. The molecule has 0 aromatic heterocycles. The zero-order valence-corrected chi connectivity index (χ0v) is 8.71. The molecular formula is C10H21NO2. The first-order chi connectivity index (χ1) is 6.14. The number of rotatable bonds is 4. The summed E-state index contributed by atoms with van der Waals surface area (Å²) in [4.78, 5) is 0. The molecule has 3 heteroatoms. The molecule has 78 valence electrons. The van der Waals surface area contributed by atoms with E-state index in [4.69, 9.17) is 15.2 Å². The highest BCUT2D eigenvalue weighted by Gasteiger charge is 2.20. The van der Waals surface area contributed by atoms with Crippen LogP contribution in [0.15, 0.2) is 0 Å². The molecule has 1 aliphatic rings. The first-order valence-corrected chi connectivity index (χ1v) is 5.10. The molecule has 0 aliphatic carbocycles. The van der Waals surface area contributed by atoms with Gasteiger partial charge in [0.05, 0.1) is 18.3 Å². The van der Waals surface area contributed by atoms with Crippen LogP contribution in [0.25, 0.3) is 0 Å². The summed E-state index contributed by atoms with van der Waals surface area (Å²) in [5.74, 6) is 0. The fourth-order valence-corrected chi connectivity index (χ4v) is 1.32. The highest BCUT2D eigenvalue weighted by Crippen LogP contribution is 2.15. The van der Waals surface area contributed by atoms with Crippen LogP contribution >= 0.6 is 0 Å². The van der Waals surface area contributed by atoms with E-state index in [1.165, 1.54) is 12.8 Å². The molecule has 0 bridgehead atoms. The maximum atomic E-state index is 5.67. The van der Waals surface area contributed by atoms with Crippen LogP contribution in [0.3, 0.4) is 0 Å². The number of ether oxygens (including phenoxy) is 2. The molecule has 0 spiro atoms. The van der Waals surface area contributed by atoms with E-state index in [2.05, 4.69) is 0 Å². The Kier molecular flexibility index (Phi) is 4.16. The van der Waals surface area contributed by atoms with Crippen LogP contribution < -0.4 is 5.73 Å². The third-order valence-corrected chi connectivity index (χ3v) is 2.43. The van der Waals surface area contributed by atoms with E-state index in [0.29, 0.717) is 19.3 Å². The molecule has 0 aromatic carbocycles. The Morgan fingerprint density at radius 2 is 2.23 bits per heavy atom. The van der Waals surface area contributed by atoms with Crippen molar-refractivity contribution >= 4 is 0 Å². The van der Waals surface area contributed by atoms with Gasteiger partial charge >= 0.3 is 0 Å². The van der Waals surface area contributed by atoms with Gasteiger partial charge in [-0.05, 0) is 33.1 Å². The Balaban J connectivity index is 2.17. The Hall–Kier alpha value is -0.120. The highest BCUT2D eigenvalue weighted by atomic mass is 16.5. The smallest absolute Gasteiger partial charge is 0.0808 e. The predicted molar refractivity (Wildman–Crippen MR) is 52.7 cm³/mol. The lowest BCUT2D eigenvalue weighted by Gasteiger charge is -2.28. The van der Waals surface area contributed by atoms with Crippen molar-refractivity contribution in [2.45, 2.75) is 44.8 Å². The van der Waals surface area contributed by atoms with Crippen LogP contribution in [-0.4, -0.2) is 31.5 Å². The van der Waals surface area contributed by atoms with E-state index in [1.54, 1.807) is 0 Å². The molecule has 1 unspecified atom stereocenters. The van der Waals surface area contributed by atoms with Crippen LogP contribution in [0.5, 0.6) is 0 Å². The third-order valence-electron chi connectivity index (χ3n) is 2.43. The SMILES string of the molecule is CC(C)(CN)OCC1CCCCO1. The standard InChI is InChI=1S/C10H21NO2/c1-10(2,8-11)13-7-9-5-3-4-6-12-9/h9H,3-8,11H2,1-2H3. The van der Waals surface area contributed by atoms with Gasteiger partial charge in [-0.15, -0.1) is 0 Å². The van der Waals surface area contributed by atoms with Crippen LogP contribution in [0.4, 0.5) is 0 Å². The Morgan fingerprint density at radius 1 is 1.46 bits per heavy atom. The van der Waals surface area contributed by atoms with Crippen LogP contribution in [0, 0.1) is 0 Å². The second-order valence-corrected chi connectivity index (χ2v) is 4.26. The summed E-state index contributed by atoms with van der Waals surface area (Å²) >= 11 is 0. The van der Waals surface area contributed by atoms with Crippen molar-refractivity contribution in [2.24, 2.45) is 5.73 Å². The van der Waals surface area contributed by atoms with Crippen molar-refractivity contribution in [1.82, 2.24) is 0 Å². The van der Waals surface area contributed by atoms with E-state index in [9.17, 15) is 0 Å². The minimum Gasteiger partial charge on any atom is -0.376 e. The molecule has 1 aliphatic heterocycles. The van der Waals surface area contributed by atoms with E-state index >= 15 is 0 Å². The number of hydrogen-bond donors (Lipinski definition) is 1. The molecule has 0 radical (unpaired) electrons. The van der Waals surface area contributed by atoms with E-state index in [1.807, 2.05) is 13.8 Å². The van der Waals surface area contributed by atoms with Crippen LogP contribution in [-0.2, 0) is 9.47 Å². The Bertz CT molecular complexity index is 142. The topological polar surface area (TPSA) is 44.5 Å². The molecule has 1 rings (SSSR count). The lowest BCUT2D eigenvalue weighted by molar-refractivity contribution is -0.0894. The summed E-state index contributed by atoms with van der Waals surface area (Å²) in [5.41, 5.74) is 5.35. The molecule has 0 saturated carbocycles. The number of nitrogens with two attached hydrogens (primary N) is 1. The van der Waals surface area contributed by atoms with Gasteiger partial charge in [-0.3, -0.25) is 0 Å². The summed E-state index contributed by atoms with van der Waals surface area (Å²) in [7, 11) is 0. The molecule has 13 heavy (non-hydrogen) atoms. The van der Waals surface area contributed by atoms with Crippen molar-refractivity contribution < 1.29 is 9.47 Å². The average molecular weight is 187 g/mol. The van der Waals surface area contributed by atoms with Gasteiger partial charge in [0.25, 0.3) is 0 Å². The zero-order chi connectivity index (χ0) is 9.73. The molecule has 1 atom stereocenters. The Labute approximate surface area is 80.6 Å². The zero-order valence-electron chi connectivity index (χ0n) is 8.71. The van der Waals surface area contributed by atoms with Gasteiger partial charge in [0.1, 0.15) is 0 Å². The normalized spacial score (nSPS) is 24.7. The van der Waals surface area contributed by atoms with Gasteiger partial charge in [0.15, 0.2) is 0 Å². The van der Waals surface area contributed by atoms with E-state index in [-0.39, 0.29) is 5.60 Å². The Morgan fingerprint density at radius 3 is 2.77 bits per heavy atom. The molecular weight excluding hydrogens is 166 g/mol. The van der Waals surface area contributed by atoms with Gasteiger partial charge in [-0.25, -0.2) is 0 Å². The minimum absolute atomic E-state index is 0.208. The molecule has 3 nitrogen and oxygen atoms in total.